The molecule has 3 heterocycles. The van der Waals surface area contributed by atoms with E-state index in [2.05, 4.69) is 15.4 Å². The van der Waals surface area contributed by atoms with Gasteiger partial charge >= 0.3 is 11.5 Å². The number of hydrogen-bond donors (Lipinski definition) is 1. The topological polar surface area (TPSA) is 147 Å². The number of aromatic nitrogens is 5. The minimum atomic E-state index is -0.665. The Balaban J connectivity index is 1.86. The van der Waals surface area contributed by atoms with E-state index in [1.165, 1.54) is 43.2 Å². The standard InChI is InChI=1S/C14H13N7O5/c1-18-12-9(13(23)19(2)14(18)24)5-8(6-15-12)16-11(22)7-20-4-3-10(17-20)21(25)26/h3-6H,7H2,1-2H3,(H,16,22). The molecule has 0 radical (unpaired) electrons. The van der Waals surface area contributed by atoms with E-state index in [0.717, 1.165) is 9.25 Å². The first-order chi connectivity index (χ1) is 12.3. The molecule has 0 saturated carbocycles. The maximum absolute atomic E-state index is 12.2. The molecule has 0 spiro atoms. The molecule has 0 saturated heterocycles. The van der Waals surface area contributed by atoms with E-state index in [9.17, 15) is 24.5 Å². The summed E-state index contributed by atoms with van der Waals surface area (Å²) in [5.41, 5.74) is -0.597. The molecule has 3 aromatic heterocycles. The van der Waals surface area contributed by atoms with Gasteiger partial charge in [-0.1, -0.05) is 0 Å². The SMILES string of the molecule is Cn1c(=O)c2cc(NC(=O)Cn3ccc([N+](=O)[O-])n3)cnc2n(C)c1=O. The summed E-state index contributed by atoms with van der Waals surface area (Å²) >= 11 is 0. The molecular formula is C14H13N7O5. The highest BCUT2D eigenvalue weighted by molar-refractivity contribution is 5.92. The number of hydrogen-bond acceptors (Lipinski definition) is 7. The smallest absolute Gasteiger partial charge is 0.358 e. The van der Waals surface area contributed by atoms with Crippen LogP contribution in [-0.2, 0) is 25.4 Å². The summed E-state index contributed by atoms with van der Waals surface area (Å²) in [5, 5.41) is 16.9. The number of carbonyl (C=O) groups is 1. The minimum Gasteiger partial charge on any atom is -0.358 e. The molecule has 0 aromatic carbocycles. The highest BCUT2D eigenvalue weighted by atomic mass is 16.6. The second-order valence-electron chi connectivity index (χ2n) is 5.48. The van der Waals surface area contributed by atoms with Crippen LogP contribution >= 0.6 is 0 Å². The number of anilines is 1. The Bertz CT molecular complexity index is 1160. The quantitative estimate of drug-likeness (QED) is 0.482. The van der Waals surface area contributed by atoms with E-state index in [0.29, 0.717) is 0 Å². The third-order valence-corrected chi connectivity index (χ3v) is 3.70. The number of pyridine rings is 1. The predicted molar refractivity (Wildman–Crippen MR) is 89.7 cm³/mol. The van der Waals surface area contributed by atoms with Crippen LogP contribution in [0.25, 0.3) is 11.0 Å². The molecule has 0 bridgehead atoms. The maximum atomic E-state index is 12.2. The van der Waals surface area contributed by atoms with Crippen LogP contribution in [0.15, 0.2) is 34.1 Å². The lowest BCUT2D eigenvalue weighted by Gasteiger charge is -2.08. The van der Waals surface area contributed by atoms with Crippen molar-refractivity contribution >= 4 is 28.4 Å². The van der Waals surface area contributed by atoms with Crippen molar-refractivity contribution in [3.63, 3.8) is 0 Å². The molecule has 1 N–H and O–H groups in total. The van der Waals surface area contributed by atoms with Crippen molar-refractivity contribution in [1.82, 2.24) is 23.9 Å². The number of nitrogens with one attached hydrogen (secondary N) is 1. The molecule has 26 heavy (non-hydrogen) atoms. The summed E-state index contributed by atoms with van der Waals surface area (Å²) in [7, 11) is 2.83. The Hall–Kier alpha value is -3.83. The van der Waals surface area contributed by atoms with Crippen LogP contribution in [0.5, 0.6) is 0 Å². The average Bonchev–Trinajstić information content (AvgIpc) is 3.06. The van der Waals surface area contributed by atoms with Crippen molar-refractivity contribution in [3.8, 4) is 0 Å². The molecule has 12 nitrogen and oxygen atoms in total. The number of amides is 1. The summed E-state index contributed by atoms with van der Waals surface area (Å²) < 4.78 is 3.29. The predicted octanol–water partition coefficient (Wildman–Crippen LogP) is -0.624. The largest absolute Gasteiger partial charge is 0.389 e. The first-order valence-corrected chi connectivity index (χ1v) is 7.31. The highest BCUT2D eigenvalue weighted by Gasteiger charge is 2.15. The van der Waals surface area contributed by atoms with Gasteiger partial charge in [0.05, 0.1) is 34.6 Å². The van der Waals surface area contributed by atoms with Crippen LogP contribution < -0.4 is 16.6 Å². The van der Waals surface area contributed by atoms with Gasteiger partial charge in [0.1, 0.15) is 12.2 Å². The lowest BCUT2D eigenvalue weighted by Crippen LogP contribution is -2.37. The van der Waals surface area contributed by atoms with Gasteiger partial charge in [-0.25, -0.2) is 9.78 Å². The van der Waals surface area contributed by atoms with Gasteiger partial charge in [0, 0.05) is 14.1 Å². The molecule has 0 fully saturated rings. The molecular weight excluding hydrogens is 346 g/mol. The van der Waals surface area contributed by atoms with Crippen LogP contribution in [0.1, 0.15) is 0 Å². The van der Waals surface area contributed by atoms with Gasteiger partial charge in [-0.2, -0.15) is 4.68 Å². The second kappa shape index (κ2) is 6.23. The number of fused-ring (bicyclic) bond motifs is 1. The zero-order valence-corrected chi connectivity index (χ0v) is 13.7. The minimum absolute atomic E-state index is 0.169. The lowest BCUT2D eigenvalue weighted by atomic mass is 10.3. The van der Waals surface area contributed by atoms with E-state index < -0.39 is 22.1 Å². The van der Waals surface area contributed by atoms with Crippen molar-refractivity contribution in [1.29, 1.82) is 0 Å². The van der Waals surface area contributed by atoms with Crippen molar-refractivity contribution in [2.75, 3.05) is 5.32 Å². The molecule has 134 valence electrons. The van der Waals surface area contributed by atoms with Crippen molar-refractivity contribution in [2.45, 2.75) is 6.54 Å². The number of nitro groups is 1. The molecule has 12 heteroatoms. The summed E-state index contributed by atoms with van der Waals surface area (Å²) in [5.74, 6) is -0.875. The Morgan fingerprint density at radius 2 is 2.04 bits per heavy atom. The fourth-order valence-electron chi connectivity index (χ4n) is 2.42. The van der Waals surface area contributed by atoms with Crippen LogP contribution in [0.3, 0.4) is 0 Å². The Morgan fingerprint density at radius 3 is 2.69 bits per heavy atom. The van der Waals surface area contributed by atoms with E-state index in [1.807, 2.05) is 0 Å². The normalized spacial score (nSPS) is 10.8. The van der Waals surface area contributed by atoms with Crippen molar-refractivity contribution < 1.29 is 9.72 Å². The van der Waals surface area contributed by atoms with Gasteiger partial charge in [-0.3, -0.25) is 18.7 Å². The van der Waals surface area contributed by atoms with Crippen LogP contribution in [-0.4, -0.2) is 34.7 Å². The van der Waals surface area contributed by atoms with Gasteiger partial charge in [-0.05, 0) is 11.0 Å². The highest BCUT2D eigenvalue weighted by Crippen LogP contribution is 2.12. The van der Waals surface area contributed by atoms with Crippen LogP contribution in [0.2, 0.25) is 0 Å². The number of rotatable bonds is 4. The Morgan fingerprint density at radius 1 is 1.31 bits per heavy atom. The molecule has 0 aliphatic heterocycles. The molecule has 0 unspecified atom stereocenters. The van der Waals surface area contributed by atoms with E-state index in [4.69, 9.17) is 0 Å². The summed E-state index contributed by atoms with van der Waals surface area (Å²) in [6, 6.07) is 2.59. The fourth-order valence-corrected chi connectivity index (χ4v) is 2.42. The summed E-state index contributed by atoms with van der Waals surface area (Å²) in [6.45, 7) is -0.253. The second-order valence-corrected chi connectivity index (χ2v) is 5.48. The van der Waals surface area contributed by atoms with Gasteiger partial charge in [0.2, 0.25) is 5.91 Å². The average molecular weight is 359 g/mol. The molecule has 0 aliphatic rings. The first kappa shape index (κ1) is 17.0. The molecule has 1 amide bonds. The fraction of sp³-hybridized carbons (Fsp3) is 0.214. The molecule has 3 rings (SSSR count). The Labute approximate surface area is 144 Å². The first-order valence-electron chi connectivity index (χ1n) is 7.31. The maximum Gasteiger partial charge on any atom is 0.389 e. The zero-order chi connectivity index (χ0) is 19.0. The van der Waals surface area contributed by atoms with Gasteiger partial charge < -0.3 is 15.4 Å². The molecule has 3 aromatic rings. The van der Waals surface area contributed by atoms with Gasteiger partial charge in [-0.15, -0.1) is 0 Å². The number of aryl methyl sites for hydroxylation is 1. The number of nitrogens with zero attached hydrogens (tertiary/aromatic N) is 6. The van der Waals surface area contributed by atoms with E-state index >= 15 is 0 Å². The number of carbonyl (C=O) groups excluding carboxylic acids is 1. The van der Waals surface area contributed by atoms with E-state index in [1.54, 1.807) is 0 Å². The zero-order valence-electron chi connectivity index (χ0n) is 13.7. The van der Waals surface area contributed by atoms with Crippen molar-refractivity contribution in [2.24, 2.45) is 14.1 Å². The molecule has 0 aliphatic carbocycles. The van der Waals surface area contributed by atoms with Crippen LogP contribution in [0.4, 0.5) is 11.5 Å². The van der Waals surface area contributed by atoms with Crippen LogP contribution in [0, 0.1) is 10.1 Å². The van der Waals surface area contributed by atoms with Gasteiger partial charge in [0.25, 0.3) is 5.56 Å². The summed E-state index contributed by atoms with van der Waals surface area (Å²) in [4.78, 5) is 50.1. The van der Waals surface area contributed by atoms with Crippen molar-refractivity contribution in [3.05, 3.63) is 55.5 Å². The third kappa shape index (κ3) is 2.94. The Kier molecular flexibility index (Phi) is 4.08. The van der Waals surface area contributed by atoms with Gasteiger partial charge in [0.15, 0.2) is 0 Å². The summed E-state index contributed by atoms with van der Waals surface area (Å²) in [6.07, 6.45) is 2.62. The van der Waals surface area contributed by atoms with E-state index in [-0.39, 0.29) is 29.1 Å². The third-order valence-electron chi connectivity index (χ3n) is 3.70. The molecule has 0 atom stereocenters. The lowest BCUT2D eigenvalue weighted by molar-refractivity contribution is -0.389. The monoisotopic (exact) mass is 359 g/mol.